The van der Waals surface area contributed by atoms with E-state index in [1.807, 2.05) is 4.90 Å². The van der Waals surface area contributed by atoms with Gasteiger partial charge in [-0.3, -0.25) is 4.79 Å². The van der Waals surface area contributed by atoms with E-state index in [1.54, 1.807) is 19.9 Å². The van der Waals surface area contributed by atoms with E-state index >= 15 is 0 Å². The minimum atomic E-state index is -3.76. The van der Waals surface area contributed by atoms with Crippen LogP contribution in [0, 0.1) is 11.3 Å². The van der Waals surface area contributed by atoms with Gasteiger partial charge in [0.2, 0.25) is 10.0 Å². The number of nitrogens with zero attached hydrogens (tertiary/aromatic N) is 3. The monoisotopic (exact) mass is 476 g/mol. The number of ether oxygens (including phenoxy) is 1. The lowest BCUT2D eigenvalue weighted by molar-refractivity contribution is -0.125. The zero-order valence-corrected chi connectivity index (χ0v) is 20.1. The normalized spacial score (nSPS) is 17.7. The van der Waals surface area contributed by atoms with Gasteiger partial charge < -0.3 is 15.0 Å². The number of hydrogen-bond acceptors (Lipinski definition) is 7. The highest BCUT2D eigenvalue weighted by Gasteiger charge is 2.35. The number of carbonyl (C=O) groups is 2. The quantitative estimate of drug-likeness (QED) is 0.544. The molecule has 0 aromatic heterocycles. The van der Waals surface area contributed by atoms with Gasteiger partial charge in [-0.1, -0.05) is 13.8 Å². The molecule has 0 atom stereocenters. The molecule has 10 heteroatoms. The molecule has 0 spiro atoms. The third-order valence-electron chi connectivity index (χ3n) is 6.36. The fraction of sp³-hybridized carbons (Fsp3) is 0.609. The van der Waals surface area contributed by atoms with Crippen LogP contribution in [0.15, 0.2) is 23.1 Å². The largest absolute Gasteiger partial charge is 0.452 e. The summed E-state index contributed by atoms with van der Waals surface area (Å²) in [6.45, 7) is 5.12. The molecule has 1 heterocycles. The SMILES string of the molecule is CCN(CC)S(=O)(=O)c1ccc(N2CCCC2)c(C(=O)OCC(=O)NC2(C#N)CCCC2)c1. The minimum Gasteiger partial charge on any atom is -0.452 e. The van der Waals surface area contributed by atoms with Gasteiger partial charge in [-0.2, -0.15) is 9.57 Å². The maximum Gasteiger partial charge on any atom is 0.340 e. The Hall–Kier alpha value is -2.64. The number of amides is 1. The topological polar surface area (TPSA) is 120 Å². The molecule has 0 radical (unpaired) electrons. The Kier molecular flexibility index (Phi) is 7.97. The van der Waals surface area contributed by atoms with Crippen molar-refractivity contribution in [3.8, 4) is 6.07 Å². The predicted octanol–water partition coefficient (Wildman–Crippen LogP) is 2.43. The first-order chi connectivity index (χ1) is 15.8. The molecule has 1 saturated carbocycles. The van der Waals surface area contributed by atoms with Gasteiger partial charge in [0, 0.05) is 26.2 Å². The molecule has 180 valence electrons. The van der Waals surface area contributed by atoms with Gasteiger partial charge in [0.15, 0.2) is 6.61 Å². The number of esters is 1. The second kappa shape index (κ2) is 10.5. The van der Waals surface area contributed by atoms with Gasteiger partial charge in [-0.25, -0.2) is 13.2 Å². The standard InChI is InChI=1S/C23H32N4O5S/c1-3-27(4-2)33(30,31)18-9-10-20(26-13-7-8-14-26)19(15-18)22(29)32-16-21(28)25-23(17-24)11-5-6-12-23/h9-10,15H,3-8,11-14,16H2,1-2H3,(H,25,28). The molecular weight excluding hydrogens is 444 g/mol. The third kappa shape index (κ3) is 5.47. The molecule has 0 unspecified atom stereocenters. The Morgan fingerprint density at radius 2 is 1.79 bits per heavy atom. The number of benzene rings is 1. The van der Waals surface area contributed by atoms with E-state index in [4.69, 9.17) is 4.74 Å². The Morgan fingerprint density at radius 3 is 2.36 bits per heavy atom. The van der Waals surface area contributed by atoms with Crippen LogP contribution < -0.4 is 10.2 Å². The summed E-state index contributed by atoms with van der Waals surface area (Å²) in [6, 6.07) is 6.67. The molecule has 1 saturated heterocycles. The van der Waals surface area contributed by atoms with E-state index in [2.05, 4.69) is 11.4 Å². The Bertz CT molecular complexity index is 1020. The number of anilines is 1. The second-order valence-corrected chi connectivity index (χ2v) is 10.4. The number of carbonyl (C=O) groups excluding carboxylic acids is 2. The molecule has 2 fully saturated rings. The van der Waals surface area contributed by atoms with Crippen LogP contribution >= 0.6 is 0 Å². The van der Waals surface area contributed by atoms with Gasteiger partial charge in [0.1, 0.15) is 5.54 Å². The number of sulfonamides is 1. The van der Waals surface area contributed by atoms with Crippen molar-refractivity contribution in [3.63, 3.8) is 0 Å². The van der Waals surface area contributed by atoms with Gasteiger partial charge in [0.25, 0.3) is 5.91 Å². The number of hydrogen-bond donors (Lipinski definition) is 1. The highest BCUT2D eigenvalue weighted by Crippen LogP contribution is 2.30. The van der Waals surface area contributed by atoms with E-state index in [0.29, 0.717) is 31.6 Å². The van der Waals surface area contributed by atoms with Crippen molar-refractivity contribution in [1.29, 1.82) is 5.26 Å². The molecule has 1 N–H and O–H groups in total. The Labute approximate surface area is 195 Å². The van der Waals surface area contributed by atoms with E-state index in [-0.39, 0.29) is 10.5 Å². The highest BCUT2D eigenvalue weighted by atomic mass is 32.2. The van der Waals surface area contributed by atoms with E-state index < -0.39 is 34.0 Å². The van der Waals surface area contributed by atoms with Gasteiger partial charge in [-0.15, -0.1) is 0 Å². The maximum absolute atomic E-state index is 13.0. The number of nitriles is 1. The van der Waals surface area contributed by atoms with Crippen molar-refractivity contribution in [1.82, 2.24) is 9.62 Å². The molecule has 1 aliphatic carbocycles. The predicted molar refractivity (Wildman–Crippen MR) is 123 cm³/mol. The van der Waals surface area contributed by atoms with Crippen LogP contribution in [0.2, 0.25) is 0 Å². The molecule has 1 aromatic rings. The first kappa shape index (κ1) is 25.0. The number of nitrogens with one attached hydrogen (secondary N) is 1. The highest BCUT2D eigenvalue weighted by molar-refractivity contribution is 7.89. The van der Waals surface area contributed by atoms with Crippen LogP contribution in [0.25, 0.3) is 0 Å². The van der Waals surface area contributed by atoms with Gasteiger partial charge in [0.05, 0.1) is 22.2 Å². The molecule has 2 aliphatic rings. The molecule has 1 aromatic carbocycles. The van der Waals surface area contributed by atoms with Crippen molar-refractivity contribution in [2.24, 2.45) is 0 Å². The second-order valence-electron chi connectivity index (χ2n) is 8.49. The molecule has 0 bridgehead atoms. The summed E-state index contributed by atoms with van der Waals surface area (Å²) in [5.41, 5.74) is -0.184. The molecular formula is C23H32N4O5S. The molecule has 33 heavy (non-hydrogen) atoms. The maximum atomic E-state index is 13.0. The van der Waals surface area contributed by atoms with Crippen molar-refractivity contribution >= 4 is 27.6 Å². The fourth-order valence-corrected chi connectivity index (χ4v) is 6.03. The van der Waals surface area contributed by atoms with E-state index in [1.165, 1.54) is 16.4 Å². The lowest BCUT2D eigenvalue weighted by atomic mass is 10.00. The van der Waals surface area contributed by atoms with E-state index in [0.717, 1.165) is 38.8 Å². The third-order valence-corrected chi connectivity index (χ3v) is 8.41. The molecule has 9 nitrogen and oxygen atoms in total. The van der Waals surface area contributed by atoms with Crippen LogP contribution in [0.3, 0.4) is 0 Å². The zero-order valence-electron chi connectivity index (χ0n) is 19.3. The van der Waals surface area contributed by atoms with Crippen LogP contribution in [0.4, 0.5) is 5.69 Å². The van der Waals surface area contributed by atoms with Crippen LogP contribution in [0.1, 0.15) is 62.7 Å². The summed E-state index contributed by atoms with van der Waals surface area (Å²) < 4.78 is 32.6. The lowest BCUT2D eigenvalue weighted by Crippen LogP contribution is -2.46. The summed E-state index contributed by atoms with van der Waals surface area (Å²) in [5, 5.41) is 12.1. The van der Waals surface area contributed by atoms with Gasteiger partial charge in [-0.05, 0) is 56.7 Å². The van der Waals surface area contributed by atoms with E-state index in [9.17, 15) is 23.3 Å². The van der Waals surface area contributed by atoms with Gasteiger partial charge >= 0.3 is 5.97 Å². The number of rotatable bonds is 9. The summed E-state index contributed by atoms with van der Waals surface area (Å²) in [6.07, 6.45) is 4.83. The summed E-state index contributed by atoms with van der Waals surface area (Å²) >= 11 is 0. The zero-order chi connectivity index (χ0) is 24.1. The summed E-state index contributed by atoms with van der Waals surface area (Å²) in [5.74, 6) is -1.30. The van der Waals surface area contributed by atoms with Crippen molar-refractivity contribution in [2.45, 2.75) is 62.8 Å². The average Bonchev–Trinajstić information content (AvgIpc) is 3.50. The van der Waals surface area contributed by atoms with Crippen LogP contribution in [-0.4, -0.2) is 62.9 Å². The molecule has 1 aliphatic heterocycles. The molecule has 3 rings (SSSR count). The Balaban J connectivity index is 1.82. The van der Waals surface area contributed by atoms with Crippen molar-refractivity contribution in [3.05, 3.63) is 23.8 Å². The minimum absolute atomic E-state index is 0.0138. The first-order valence-electron chi connectivity index (χ1n) is 11.5. The fourth-order valence-electron chi connectivity index (χ4n) is 4.54. The van der Waals surface area contributed by atoms with Crippen molar-refractivity contribution in [2.75, 3.05) is 37.7 Å². The molecule has 1 amide bonds. The lowest BCUT2D eigenvalue weighted by Gasteiger charge is -2.24. The summed E-state index contributed by atoms with van der Waals surface area (Å²) in [7, 11) is -3.76. The Morgan fingerprint density at radius 1 is 1.15 bits per heavy atom. The van der Waals surface area contributed by atoms with Crippen LogP contribution in [-0.2, 0) is 19.6 Å². The summed E-state index contributed by atoms with van der Waals surface area (Å²) in [4.78, 5) is 27.4. The van der Waals surface area contributed by atoms with Crippen LogP contribution in [0.5, 0.6) is 0 Å². The average molecular weight is 477 g/mol. The smallest absolute Gasteiger partial charge is 0.340 e. The first-order valence-corrected chi connectivity index (χ1v) is 13.0. The van der Waals surface area contributed by atoms with Crippen molar-refractivity contribution < 1.29 is 22.7 Å².